The van der Waals surface area contributed by atoms with Gasteiger partial charge in [-0.1, -0.05) is 30.5 Å². The van der Waals surface area contributed by atoms with Gasteiger partial charge in [0.25, 0.3) is 0 Å². The number of nitrogens with two attached hydrogens (primary N) is 1. The molecule has 1 fully saturated rings. The molecular weight excluding hydrogens is 226 g/mol. The van der Waals surface area contributed by atoms with Crippen molar-refractivity contribution < 1.29 is 9.47 Å². The monoisotopic (exact) mass is 249 g/mol. The molecule has 0 aliphatic heterocycles. The SMILES string of the molecule is COc1ccc(C)cc1C(N)COCCC1CC1. The lowest BCUT2D eigenvalue weighted by Crippen LogP contribution is -2.18. The highest BCUT2D eigenvalue weighted by Crippen LogP contribution is 2.32. The molecule has 1 unspecified atom stereocenters. The molecule has 3 heteroatoms. The van der Waals surface area contributed by atoms with Crippen molar-refractivity contribution in [2.24, 2.45) is 11.7 Å². The lowest BCUT2D eigenvalue weighted by Gasteiger charge is -2.16. The molecular formula is C15H23NO2. The third kappa shape index (κ3) is 3.72. The van der Waals surface area contributed by atoms with E-state index in [9.17, 15) is 0 Å². The van der Waals surface area contributed by atoms with Crippen molar-refractivity contribution in [2.75, 3.05) is 20.3 Å². The van der Waals surface area contributed by atoms with Gasteiger partial charge < -0.3 is 15.2 Å². The first kappa shape index (κ1) is 13.4. The van der Waals surface area contributed by atoms with Crippen molar-refractivity contribution in [3.05, 3.63) is 29.3 Å². The van der Waals surface area contributed by atoms with E-state index in [1.807, 2.05) is 12.1 Å². The van der Waals surface area contributed by atoms with Gasteiger partial charge in [0, 0.05) is 12.2 Å². The molecule has 0 saturated heterocycles. The fourth-order valence-electron chi connectivity index (χ4n) is 2.10. The van der Waals surface area contributed by atoms with Crippen LogP contribution in [0.1, 0.15) is 36.4 Å². The van der Waals surface area contributed by atoms with Gasteiger partial charge in [-0.25, -0.2) is 0 Å². The molecule has 1 atom stereocenters. The fourth-order valence-corrected chi connectivity index (χ4v) is 2.10. The molecule has 1 aliphatic rings. The highest BCUT2D eigenvalue weighted by molar-refractivity contribution is 5.39. The summed E-state index contributed by atoms with van der Waals surface area (Å²) in [6.07, 6.45) is 3.93. The van der Waals surface area contributed by atoms with Crippen LogP contribution in [0, 0.1) is 12.8 Å². The van der Waals surface area contributed by atoms with Crippen LogP contribution in [0.5, 0.6) is 5.75 Å². The second-order valence-electron chi connectivity index (χ2n) is 5.16. The molecule has 0 heterocycles. The minimum absolute atomic E-state index is 0.112. The van der Waals surface area contributed by atoms with Crippen molar-refractivity contribution in [2.45, 2.75) is 32.2 Å². The summed E-state index contributed by atoms with van der Waals surface area (Å²) in [5.41, 5.74) is 8.39. The molecule has 1 aromatic rings. The summed E-state index contributed by atoms with van der Waals surface area (Å²) < 4.78 is 11.0. The fraction of sp³-hybridized carbons (Fsp3) is 0.600. The van der Waals surface area contributed by atoms with E-state index in [0.29, 0.717) is 6.61 Å². The Morgan fingerprint density at radius 1 is 1.39 bits per heavy atom. The van der Waals surface area contributed by atoms with Crippen molar-refractivity contribution in [3.8, 4) is 5.75 Å². The van der Waals surface area contributed by atoms with E-state index in [2.05, 4.69) is 13.0 Å². The first-order valence-electron chi connectivity index (χ1n) is 6.68. The van der Waals surface area contributed by atoms with Crippen LogP contribution in [-0.4, -0.2) is 20.3 Å². The third-order valence-electron chi connectivity index (χ3n) is 3.45. The van der Waals surface area contributed by atoms with Crippen LogP contribution >= 0.6 is 0 Å². The Balaban J connectivity index is 1.85. The predicted octanol–water partition coefficient (Wildman–Crippen LogP) is 2.82. The zero-order valence-corrected chi connectivity index (χ0v) is 11.3. The van der Waals surface area contributed by atoms with Crippen molar-refractivity contribution in [1.82, 2.24) is 0 Å². The Kier molecular flexibility index (Phi) is 4.61. The maximum atomic E-state index is 6.17. The molecule has 1 saturated carbocycles. The Labute approximate surface area is 109 Å². The van der Waals surface area contributed by atoms with E-state index in [1.165, 1.54) is 24.8 Å². The number of benzene rings is 1. The maximum Gasteiger partial charge on any atom is 0.123 e. The average molecular weight is 249 g/mol. The van der Waals surface area contributed by atoms with E-state index in [1.54, 1.807) is 7.11 Å². The number of methoxy groups -OCH3 is 1. The zero-order chi connectivity index (χ0) is 13.0. The molecule has 2 rings (SSSR count). The Morgan fingerprint density at radius 2 is 2.17 bits per heavy atom. The molecule has 0 bridgehead atoms. The molecule has 1 aliphatic carbocycles. The van der Waals surface area contributed by atoms with Gasteiger partial charge in [-0.3, -0.25) is 0 Å². The van der Waals surface area contributed by atoms with Crippen LogP contribution in [0.3, 0.4) is 0 Å². The number of ether oxygens (including phenoxy) is 2. The molecule has 0 amide bonds. The van der Waals surface area contributed by atoms with Crippen LogP contribution in [0.25, 0.3) is 0 Å². The van der Waals surface area contributed by atoms with Gasteiger partial charge in [0.05, 0.1) is 19.8 Å². The summed E-state index contributed by atoms with van der Waals surface area (Å²) in [4.78, 5) is 0. The number of aryl methyl sites for hydroxylation is 1. The molecule has 0 radical (unpaired) electrons. The largest absolute Gasteiger partial charge is 0.496 e. The molecule has 3 nitrogen and oxygen atoms in total. The topological polar surface area (TPSA) is 44.5 Å². The lowest BCUT2D eigenvalue weighted by molar-refractivity contribution is 0.115. The molecule has 2 N–H and O–H groups in total. The Hall–Kier alpha value is -1.06. The van der Waals surface area contributed by atoms with Gasteiger partial charge in [-0.05, 0) is 25.3 Å². The van der Waals surface area contributed by atoms with Gasteiger partial charge in [-0.2, -0.15) is 0 Å². The Bertz CT molecular complexity index is 388. The molecule has 18 heavy (non-hydrogen) atoms. The standard InChI is InChI=1S/C15H23NO2/c1-11-3-6-15(17-2)13(9-11)14(16)10-18-8-7-12-4-5-12/h3,6,9,12,14H,4-5,7-8,10,16H2,1-2H3. The summed E-state index contributed by atoms with van der Waals surface area (Å²) in [7, 11) is 1.68. The summed E-state index contributed by atoms with van der Waals surface area (Å²) in [5.74, 6) is 1.76. The van der Waals surface area contributed by atoms with Crippen molar-refractivity contribution in [3.63, 3.8) is 0 Å². The van der Waals surface area contributed by atoms with Gasteiger partial charge in [0.1, 0.15) is 5.75 Å². The first-order valence-corrected chi connectivity index (χ1v) is 6.68. The second-order valence-corrected chi connectivity index (χ2v) is 5.16. The molecule has 0 spiro atoms. The number of rotatable bonds is 7. The van der Waals surface area contributed by atoms with Gasteiger partial charge in [0.2, 0.25) is 0 Å². The van der Waals surface area contributed by atoms with Gasteiger partial charge in [0.15, 0.2) is 0 Å². The molecule has 0 aromatic heterocycles. The smallest absolute Gasteiger partial charge is 0.123 e. The predicted molar refractivity (Wildman–Crippen MR) is 72.8 cm³/mol. The van der Waals surface area contributed by atoms with Crippen LogP contribution in [0.15, 0.2) is 18.2 Å². The van der Waals surface area contributed by atoms with Crippen LogP contribution in [-0.2, 0) is 4.74 Å². The summed E-state index contributed by atoms with van der Waals surface area (Å²) in [6.45, 7) is 3.45. The Morgan fingerprint density at radius 3 is 2.83 bits per heavy atom. The van der Waals surface area contributed by atoms with Crippen LogP contribution in [0.2, 0.25) is 0 Å². The van der Waals surface area contributed by atoms with Crippen molar-refractivity contribution >= 4 is 0 Å². The molecule has 100 valence electrons. The van der Waals surface area contributed by atoms with E-state index >= 15 is 0 Å². The zero-order valence-electron chi connectivity index (χ0n) is 11.3. The van der Waals surface area contributed by atoms with Gasteiger partial charge in [-0.15, -0.1) is 0 Å². The number of hydrogen-bond acceptors (Lipinski definition) is 3. The highest BCUT2D eigenvalue weighted by atomic mass is 16.5. The number of hydrogen-bond donors (Lipinski definition) is 1. The van der Waals surface area contributed by atoms with E-state index in [0.717, 1.165) is 23.8 Å². The second kappa shape index (κ2) is 6.21. The van der Waals surface area contributed by atoms with Crippen LogP contribution < -0.4 is 10.5 Å². The minimum Gasteiger partial charge on any atom is -0.496 e. The minimum atomic E-state index is -0.112. The quantitative estimate of drug-likeness (QED) is 0.756. The van der Waals surface area contributed by atoms with E-state index in [-0.39, 0.29) is 6.04 Å². The average Bonchev–Trinajstić information content (AvgIpc) is 3.18. The maximum absolute atomic E-state index is 6.17. The summed E-state index contributed by atoms with van der Waals surface area (Å²) >= 11 is 0. The normalized spacial score (nSPS) is 16.6. The van der Waals surface area contributed by atoms with E-state index < -0.39 is 0 Å². The van der Waals surface area contributed by atoms with E-state index in [4.69, 9.17) is 15.2 Å². The first-order chi connectivity index (χ1) is 8.70. The van der Waals surface area contributed by atoms with Crippen molar-refractivity contribution in [1.29, 1.82) is 0 Å². The van der Waals surface area contributed by atoms with Gasteiger partial charge >= 0.3 is 0 Å². The summed E-state index contributed by atoms with van der Waals surface area (Å²) in [6, 6.07) is 5.96. The summed E-state index contributed by atoms with van der Waals surface area (Å²) in [5, 5.41) is 0. The third-order valence-corrected chi connectivity index (χ3v) is 3.45. The molecule has 1 aromatic carbocycles. The highest BCUT2D eigenvalue weighted by Gasteiger charge is 2.20. The van der Waals surface area contributed by atoms with Crippen LogP contribution in [0.4, 0.5) is 0 Å². The lowest BCUT2D eigenvalue weighted by atomic mass is 10.0.